The molecular weight excluding hydrogens is 352 g/mol. The maximum absolute atomic E-state index is 12.6. The van der Waals surface area contributed by atoms with Gasteiger partial charge in [-0.2, -0.15) is 10.2 Å². The average molecular weight is 378 g/mol. The van der Waals surface area contributed by atoms with Gasteiger partial charge in [0.25, 0.3) is 0 Å². The number of nitrogens with zero attached hydrogens (tertiary/aromatic N) is 5. The molecule has 3 heterocycles. The summed E-state index contributed by atoms with van der Waals surface area (Å²) in [5.74, 6) is 1.50. The van der Waals surface area contributed by atoms with Crippen molar-refractivity contribution in [1.82, 2.24) is 29.4 Å². The smallest absolute Gasteiger partial charge is 0.299 e. The van der Waals surface area contributed by atoms with Gasteiger partial charge < -0.3 is 0 Å². The molecule has 3 aromatic rings. The molecule has 1 aromatic carbocycles. The molecule has 7 heteroatoms. The molecule has 0 spiro atoms. The third kappa shape index (κ3) is 3.20. The van der Waals surface area contributed by atoms with E-state index in [0.29, 0.717) is 5.92 Å². The summed E-state index contributed by atoms with van der Waals surface area (Å²) in [5.41, 5.74) is 3.53. The lowest BCUT2D eigenvalue weighted by atomic mass is 10.0. The fourth-order valence-electron chi connectivity index (χ4n) is 4.32. The minimum absolute atomic E-state index is 0.0431. The van der Waals surface area contributed by atoms with Gasteiger partial charge in [-0.1, -0.05) is 30.3 Å². The molecule has 1 saturated carbocycles. The summed E-state index contributed by atoms with van der Waals surface area (Å²) in [7, 11) is 1.77. The first-order valence-electron chi connectivity index (χ1n) is 10.2. The monoisotopic (exact) mass is 378 g/mol. The lowest BCUT2D eigenvalue weighted by Gasteiger charge is -2.32. The summed E-state index contributed by atoms with van der Waals surface area (Å²) < 4.78 is 3.50. The number of likely N-dealkylation sites (tertiary alicyclic amines) is 1. The summed E-state index contributed by atoms with van der Waals surface area (Å²) in [4.78, 5) is 15.1. The molecule has 146 valence electrons. The predicted octanol–water partition coefficient (Wildman–Crippen LogP) is 2.69. The number of benzene rings is 1. The zero-order valence-corrected chi connectivity index (χ0v) is 16.2. The number of aromatic amines is 1. The third-order valence-corrected chi connectivity index (χ3v) is 6.02. The molecule has 2 aromatic heterocycles. The average Bonchev–Trinajstić information content (AvgIpc) is 3.40. The number of H-pyrrole nitrogens is 1. The standard InChI is InChI=1S/C21H26N6O/c1-25-21(28)27(20(24-25)16-7-8-16)18-9-11-26(12-10-18)14-17-13-22-23-19(17)15-5-3-2-4-6-15/h2-6,13,16,18H,7-12,14H2,1H3,(H,22,23). The van der Waals surface area contributed by atoms with Crippen LogP contribution in [0.5, 0.6) is 0 Å². The Labute approximate surface area is 164 Å². The molecule has 0 bridgehead atoms. The number of aromatic nitrogens is 5. The third-order valence-electron chi connectivity index (χ3n) is 6.02. The summed E-state index contributed by atoms with van der Waals surface area (Å²) in [5, 5.41) is 11.9. The van der Waals surface area contributed by atoms with Crippen LogP contribution in [0, 0.1) is 0 Å². The van der Waals surface area contributed by atoms with E-state index >= 15 is 0 Å². The zero-order chi connectivity index (χ0) is 19.1. The van der Waals surface area contributed by atoms with Crippen LogP contribution in [0.1, 0.15) is 49.0 Å². The molecule has 2 fully saturated rings. The molecule has 0 radical (unpaired) electrons. The van der Waals surface area contributed by atoms with E-state index in [1.165, 1.54) is 15.8 Å². The lowest BCUT2D eigenvalue weighted by molar-refractivity contribution is 0.176. The Morgan fingerprint density at radius 3 is 2.57 bits per heavy atom. The second kappa shape index (κ2) is 7.05. The van der Waals surface area contributed by atoms with Crippen molar-refractivity contribution >= 4 is 0 Å². The second-order valence-electron chi connectivity index (χ2n) is 8.05. The van der Waals surface area contributed by atoms with Gasteiger partial charge in [0.05, 0.1) is 11.9 Å². The molecule has 1 N–H and O–H groups in total. The molecule has 1 aliphatic heterocycles. The van der Waals surface area contributed by atoms with E-state index in [2.05, 4.69) is 44.5 Å². The predicted molar refractivity (Wildman–Crippen MR) is 107 cm³/mol. The van der Waals surface area contributed by atoms with Gasteiger partial charge in [-0.05, 0) is 31.2 Å². The Bertz CT molecular complexity index is 1010. The van der Waals surface area contributed by atoms with E-state index in [1.807, 2.05) is 16.8 Å². The molecule has 0 unspecified atom stereocenters. The molecule has 7 nitrogen and oxygen atoms in total. The highest BCUT2D eigenvalue weighted by Gasteiger charge is 2.34. The van der Waals surface area contributed by atoms with Crippen LogP contribution in [0.15, 0.2) is 41.3 Å². The molecule has 2 aliphatic rings. The molecule has 0 amide bonds. The highest BCUT2D eigenvalue weighted by atomic mass is 16.2. The molecule has 1 aliphatic carbocycles. The van der Waals surface area contributed by atoms with E-state index in [-0.39, 0.29) is 11.7 Å². The van der Waals surface area contributed by atoms with Crippen molar-refractivity contribution in [2.75, 3.05) is 13.1 Å². The number of hydrogen-bond donors (Lipinski definition) is 1. The first-order chi connectivity index (χ1) is 13.7. The van der Waals surface area contributed by atoms with E-state index in [4.69, 9.17) is 0 Å². The highest BCUT2D eigenvalue weighted by molar-refractivity contribution is 5.62. The zero-order valence-electron chi connectivity index (χ0n) is 16.2. The Morgan fingerprint density at radius 2 is 1.86 bits per heavy atom. The van der Waals surface area contributed by atoms with Gasteiger partial charge in [0, 0.05) is 44.2 Å². The minimum atomic E-state index is 0.0431. The SMILES string of the molecule is Cn1nc(C2CC2)n(C2CCN(Cc3cn[nH]c3-c3ccccc3)CC2)c1=O. The van der Waals surface area contributed by atoms with Gasteiger partial charge in [0.2, 0.25) is 0 Å². The van der Waals surface area contributed by atoms with Crippen LogP contribution in [-0.4, -0.2) is 42.5 Å². The number of nitrogens with one attached hydrogen (secondary N) is 1. The van der Waals surface area contributed by atoms with Gasteiger partial charge in [0.1, 0.15) is 5.82 Å². The van der Waals surface area contributed by atoms with Crippen molar-refractivity contribution in [3.05, 3.63) is 58.4 Å². The van der Waals surface area contributed by atoms with Gasteiger partial charge in [-0.25, -0.2) is 9.48 Å². The second-order valence-corrected chi connectivity index (χ2v) is 8.05. The molecule has 28 heavy (non-hydrogen) atoms. The molecule has 5 rings (SSSR count). The van der Waals surface area contributed by atoms with Crippen LogP contribution in [0.2, 0.25) is 0 Å². The maximum Gasteiger partial charge on any atom is 0.345 e. The van der Waals surface area contributed by atoms with Gasteiger partial charge in [-0.15, -0.1) is 0 Å². The molecule has 0 atom stereocenters. The molecular formula is C21H26N6O. The summed E-state index contributed by atoms with van der Waals surface area (Å²) >= 11 is 0. The first kappa shape index (κ1) is 17.4. The maximum atomic E-state index is 12.6. The Morgan fingerprint density at radius 1 is 1.11 bits per heavy atom. The number of piperidine rings is 1. The van der Waals surface area contributed by atoms with Crippen LogP contribution in [0.4, 0.5) is 0 Å². The molecule has 1 saturated heterocycles. The fourth-order valence-corrected chi connectivity index (χ4v) is 4.32. The fraction of sp³-hybridized carbons (Fsp3) is 0.476. The summed E-state index contributed by atoms with van der Waals surface area (Å²) in [6, 6.07) is 10.6. The minimum Gasteiger partial charge on any atom is -0.299 e. The quantitative estimate of drug-likeness (QED) is 0.741. The number of hydrogen-bond acceptors (Lipinski definition) is 4. The van der Waals surface area contributed by atoms with E-state index < -0.39 is 0 Å². The first-order valence-corrected chi connectivity index (χ1v) is 10.2. The lowest BCUT2D eigenvalue weighted by Crippen LogP contribution is -2.37. The summed E-state index contributed by atoms with van der Waals surface area (Å²) in [6.45, 7) is 2.84. The van der Waals surface area contributed by atoms with Gasteiger partial charge >= 0.3 is 5.69 Å². The van der Waals surface area contributed by atoms with Crippen LogP contribution in [-0.2, 0) is 13.6 Å². The van der Waals surface area contributed by atoms with Crippen LogP contribution >= 0.6 is 0 Å². The van der Waals surface area contributed by atoms with Crippen molar-refractivity contribution in [3.8, 4) is 11.3 Å². The Kier molecular flexibility index (Phi) is 4.39. The number of aryl methyl sites for hydroxylation is 1. The van der Waals surface area contributed by atoms with Crippen LogP contribution in [0.25, 0.3) is 11.3 Å². The van der Waals surface area contributed by atoms with Gasteiger partial charge in [-0.3, -0.25) is 14.6 Å². The van der Waals surface area contributed by atoms with Crippen molar-refractivity contribution in [1.29, 1.82) is 0 Å². The van der Waals surface area contributed by atoms with E-state index in [0.717, 1.165) is 56.8 Å². The summed E-state index contributed by atoms with van der Waals surface area (Å²) in [6.07, 6.45) is 6.25. The highest BCUT2D eigenvalue weighted by Crippen LogP contribution is 2.40. The normalized spacial score (nSPS) is 18.6. The van der Waals surface area contributed by atoms with Crippen molar-refractivity contribution < 1.29 is 0 Å². The largest absolute Gasteiger partial charge is 0.345 e. The number of rotatable bonds is 5. The Hall–Kier alpha value is -2.67. The van der Waals surface area contributed by atoms with E-state index in [9.17, 15) is 4.79 Å². The van der Waals surface area contributed by atoms with Crippen LogP contribution < -0.4 is 5.69 Å². The topological polar surface area (TPSA) is 71.7 Å². The van der Waals surface area contributed by atoms with Crippen molar-refractivity contribution in [2.24, 2.45) is 7.05 Å². The van der Waals surface area contributed by atoms with Crippen molar-refractivity contribution in [2.45, 2.75) is 44.2 Å². The van der Waals surface area contributed by atoms with Gasteiger partial charge in [0.15, 0.2) is 0 Å². The van der Waals surface area contributed by atoms with Crippen molar-refractivity contribution in [3.63, 3.8) is 0 Å². The van der Waals surface area contributed by atoms with E-state index in [1.54, 1.807) is 7.05 Å². The Balaban J connectivity index is 1.28. The van der Waals surface area contributed by atoms with Crippen LogP contribution in [0.3, 0.4) is 0 Å².